The molecule has 1 saturated heterocycles. The number of esters is 1. The maximum Gasteiger partial charge on any atom is 0.308 e. The minimum atomic E-state index is -3.48. The summed E-state index contributed by atoms with van der Waals surface area (Å²) >= 11 is 1.15. The average Bonchev–Trinajstić information content (AvgIpc) is 2.72. The lowest BCUT2D eigenvalue weighted by Crippen LogP contribution is -2.61. The van der Waals surface area contributed by atoms with Crippen LogP contribution in [0.3, 0.4) is 0 Å². The van der Waals surface area contributed by atoms with Crippen LogP contribution < -0.4 is 4.74 Å². The largest absolute Gasteiger partial charge is 0.504 e. The highest BCUT2D eigenvalue weighted by Gasteiger charge is 2.56. The number of sulfonamides is 1. The van der Waals surface area contributed by atoms with Crippen LogP contribution in [0.1, 0.15) is 50.7 Å². The van der Waals surface area contributed by atoms with Crippen LogP contribution in [0.25, 0.3) is 0 Å². The highest BCUT2D eigenvalue weighted by Crippen LogP contribution is 2.58. The zero-order chi connectivity index (χ0) is 23.1. The van der Waals surface area contributed by atoms with Crippen molar-refractivity contribution >= 4 is 32.9 Å². The number of piperidine rings is 1. The van der Waals surface area contributed by atoms with Gasteiger partial charge >= 0.3 is 5.97 Å². The van der Waals surface area contributed by atoms with Crippen molar-refractivity contribution < 1.29 is 27.9 Å². The molecule has 4 rings (SSSR count). The van der Waals surface area contributed by atoms with Crippen molar-refractivity contribution in [3.8, 4) is 11.5 Å². The minimum Gasteiger partial charge on any atom is -0.504 e. The van der Waals surface area contributed by atoms with Gasteiger partial charge in [-0.1, -0.05) is 30.0 Å². The zero-order valence-electron chi connectivity index (χ0n) is 18.4. The van der Waals surface area contributed by atoms with E-state index in [1.54, 1.807) is 10.4 Å². The quantitative estimate of drug-likeness (QED) is 0.289. The lowest BCUT2D eigenvalue weighted by Gasteiger charge is -2.56. The Kier molecular flexibility index (Phi) is 6.44. The molecule has 2 bridgehead atoms. The van der Waals surface area contributed by atoms with E-state index < -0.39 is 16.0 Å². The van der Waals surface area contributed by atoms with Crippen LogP contribution in [0.5, 0.6) is 11.5 Å². The van der Waals surface area contributed by atoms with Gasteiger partial charge < -0.3 is 9.84 Å². The number of fused-ring (bicyclic) bond motifs is 1. The van der Waals surface area contributed by atoms with Crippen molar-refractivity contribution in [1.82, 2.24) is 4.31 Å². The van der Waals surface area contributed by atoms with Crippen molar-refractivity contribution in [2.75, 3.05) is 18.1 Å². The molecule has 2 unspecified atom stereocenters. The number of hydrogen-bond acceptors (Lipinski definition) is 7. The Morgan fingerprint density at radius 3 is 2.78 bits per heavy atom. The summed E-state index contributed by atoms with van der Waals surface area (Å²) < 4.78 is 33.4. The topological polar surface area (TPSA) is 101 Å². The second kappa shape index (κ2) is 8.83. The smallest absolute Gasteiger partial charge is 0.308 e. The molecule has 1 N–H and O–H groups in total. The molecule has 9 heteroatoms. The van der Waals surface area contributed by atoms with Crippen LogP contribution in [0, 0.1) is 5.92 Å². The number of phenols is 1. The molecule has 3 atom stereocenters. The first-order valence-corrected chi connectivity index (χ1v) is 13.6. The number of aromatic hydroxyl groups is 1. The molecule has 0 amide bonds. The molecule has 1 heterocycles. The number of nitrogens with zero attached hydrogens (tertiary/aromatic N) is 1. The third-order valence-corrected chi connectivity index (χ3v) is 9.79. The van der Waals surface area contributed by atoms with Gasteiger partial charge in [0.15, 0.2) is 16.6 Å². The normalized spacial score (nSPS) is 26.8. The number of benzene rings is 1. The van der Waals surface area contributed by atoms with Crippen LogP contribution in [-0.4, -0.2) is 53.0 Å². The summed E-state index contributed by atoms with van der Waals surface area (Å²) in [6, 6.07) is 3.24. The molecule has 1 aromatic rings. The number of ether oxygens (including phenoxy) is 1. The molecule has 2 aliphatic carbocycles. The highest BCUT2D eigenvalue weighted by molar-refractivity contribution is 8.13. The predicted octanol–water partition coefficient (Wildman–Crippen LogP) is 3.15. The molecule has 1 aromatic carbocycles. The summed E-state index contributed by atoms with van der Waals surface area (Å²) in [6.07, 6.45) is 7.43. The Morgan fingerprint density at radius 1 is 1.28 bits per heavy atom. The fraction of sp³-hybridized carbons (Fsp3) is 0.565. The Labute approximate surface area is 193 Å². The van der Waals surface area contributed by atoms with E-state index in [1.807, 2.05) is 6.07 Å². The van der Waals surface area contributed by atoms with Gasteiger partial charge in [-0.2, -0.15) is 4.31 Å². The van der Waals surface area contributed by atoms with Gasteiger partial charge in [-0.25, -0.2) is 8.42 Å². The molecule has 1 fully saturated rings. The number of carbonyl (C=O) groups excluding carboxylic acids is 2. The van der Waals surface area contributed by atoms with Crippen LogP contribution in [0.4, 0.5) is 0 Å². The van der Waals surface area contributed by atoms with Gasteiger partial charge in [0.1, 0.15) is 0 Å². The lowest BCUT2D eigenvalue weighted by molar-refractivity contribution is -0.132. The average molecular weight is 480 g/mol. The molecular weight excluding hydrogens is 450 g/mol. The first-order valence-electron chi connectivity index (χ1n) is 11.0. The molecule has 0 saturated carbocycles. The summed E-state index contributed by atoms with van der Waals surface area (Å²) in [5.74, 6) is 0.157. The molecule has 0 spiro atoms. The van der Waals surface area contributed by atoms with Crippen molar-refractivity contribution in [1.29, 1.82) is 0 Å². The Hall–Kier alpha value is -1.84. The third kappa shape index (κ3) is 4.10. The number of carbonyl (C=O) groups is 2. The predicted molar refractivity (Wildman–Crippen MR) is 123 cm³/mol. The molecule has 0 radical (unpaired) electrons. The monoisotopic (exact) mass is 479 g/mol. The molecule has 32 heavy (non-hydrogen) atoms. The minimum absolute atomic E-state index is 0.00526. The summed E-state index contributed by atoms with van der Waals surface area (Å²) in [6.45, 7) is 3.19. The number of rotatable bonds is 6. The summed E-state index contributed by atoms with van der Waals surface area (Å²) in [7, 11) is -3.48. The maximum absolute atomic E-state index is 13.3. The lowest BCUT2D eigenvalue weighted by atomic mass is 9.54. The summed E-state index contributed by atoms with van der Waals surface area (Å²) in [4.78, 5) is 22.6. The fourth-order valence-electron chi connectivity index (χ4n) is 5.74. The van der Waals surface area contributed by atoms with E-state index in [2.05, 4.69) is 12.2 Å². The molecule has 7 nitrogen and oxygen atoms in total. The van der Waals surface area contributed by atoms with Crippen LogP contribution in [-0.2, 0) is 31.4 Å². The molecule has 3 aliphatic rings. The van der Waals surface area contributed by atoms with E-state index >= 15 is 0 Å². The van der Waals surface area contributed by atoms with Gasteiger partial charge in [0.25, 0.3) is 0 Å². The van der Waals surface area contributed by atoms with E-state index in [1.165, 1.54) is 13.8 Å². The van der Waals surface area contributed by atoms with Crippen molar-refractivity contribution in [3.63, 3.8) is 0 Å². The third-order valence-electron chi connectivity index (χ3n) is 6.92. The number of thioether (sulfide) groups is 1. The maximum atomic E-state index is 13.3. The van der Waals surface area contributed by atoms with Gasteiger partial charge in [-0.05, 0) is 43.7 Å². The molecular formula is C23H29NO6S2. The van der Waals surface area contributed by atoms with E-state index in [0.717, 1.165) is 35.7 Å². The SMILES string of the molecule is CC(=O)Oc1ccc2c(c1O)[C@@]13CCC=CC1C(C2)N(S(=O)(=O)CCCSC(C)=O)CC3. The molecule has 0 aromatic heterocycles. The molecule has 1 aliphatic heterocycles. The van der Waals surface area contributed by atoms with Crippen LogP contribution in [0.2, 0.25) is 0 Å². The standard InChI is InChI=1S/C23H29NO6S2/c1-15(25)30-20-8-7-17-14-19-18-6-3-4-9-23(18,21(17)22(20)27)10-11-24(19)32(28,29)13-5-12-31-16(2)26/h3,6-8,18-19,27H,4-5,9-14H2,1-2H3/t18?,19?,23-/m1/s1. The van der Waals surface area contributed by atoms with E-state index in [4.69, 9.17) is 4.74 Å². The number of allylic oxidation sites excluding steroid dienone is 1. The second-order valence-corrected chi connectivity index (χ2v) is 12.1. The second-order valence-electron chi connectivity index (χ2n) is 8.83. The van der Waals surface area contributed by atoms with Crippen molar-refractivity contribution in [2.45, 2.75) is 57.4 Å². The Morgan fingerprint density at radius 2 is 2.06 bits per heavy atom. The van der Waals surface area contributed by atoms with E-state index in [0.29, 0.717) is 31.6 Å². The number of hydrogen-bond donors (Lipinski definition) is 1. The molecule has 174 valence electrons. The van der Waals surface area contributed by atoms with Gasteiger partial charge in [-0.15, -0.1) is 0 Å². The zero-order valence-corrected chi connectivity index (χ0v) is 20.0. The van der Waals surface area contributed by atoms with Gasteiger partial charge in [0.2, 0.25) is 10.0 Å². The van der Waals surface area contributed by atoms with Gasteiger partial charge in [0, 0.05) is 49.1 Å². The van der Waals surface area contributed by atoms with Crippen molar-refractivity contribution in [3.05, 3.63) is 35.4 Å². The Balaban J connectivity index is 1.68. The van der Waals surface area contributed by atoms with E-state index in [-0.39, 0.29) is 39.7 Å². The number of phenolic OH excluding ortho intramolecular Hbond substituents is 1. The van der Waals surface area contributed by atoms with Crippen LogP contribution in [0.15, 0.2) is 24.3 Å². The highest BCUT2D eigenvalue weighted by atomic mass is 32.2. The summed E-state index contributed by atoms with van der Waals surface area (Å²) in [5.41, 5.74) is 1.36. The first kappa shape index (κ1) is 23.3. The first-order chi connectivity index (χ1) is 15.2. The Bertz CT molecular complexity index is 1070. The van der Waals surface area contributed by atoms with Crippen molar-refractivity contribution in [2.24, 2.45) is 5.92 Å². The van der Waals surface area contributed by atoms with Gasteiger partial charge in [-0.3, -0.25) is 9.59 Å². The van der Waals surface area contributed by atoms with Crippen LogP contribution >= 0.6 is 11.8 Å². The summed E-state index contributed by atoms with van der Waals surface area (Å²) in [5, 5.41) is 11.1. The fourth-order valence-corrected chi connectivity index (χ4v) is 8.23. The van der Waals surface area contributed by atoms with Gasteiger partial charge in [0.05, 0.1) is 5.75 Å². The van der Waals surface area contributed by atoms with E-state index in [9.17, 15) is 23.1 Å².